The van der Waals surface area contributed by atoms with Crippen LogP contribution in [0, 0.1) is 0 Å². The van der Waals surface area contributed by atoms with Crippen LogP contribution < -0.4 is 10.1 Å². The highest BCUT2D eigenvalue weighted by atomic mass is 16.5. The molecule has 0 amide bonds. The summed E-state index contributed by atoms with van der Waals surface area (Å²) in [5.41, 5.74) is 1.98. The van der Waals surface area contributed by atoms with Gasteiger partial charge in [0.1, 0.15) is 11.9 Å². The molecule has 2 N–H and O–H groups in total. The van der Waals surface area contributed by atoms with Gasteiger partial charge in [0.25, 0.3) is 0 Å². The van der Waals surface area contributed by atoms with Crippen LogP contribution in [0.2, 0.25) is 0 Å². The van der Waals surface area contributed by atoms with E-state index in [1.807, 2.05) is 22.9 Å². The van der Waals surface area contributed by atoms with E-state index in [2.05, 4.69) is 46.3 Å². The van der Waals surface area contributed by atoms with Crippen molar-refractivity contribution < 1.29 is 9.84 Å². The van der Waals surface area contributed by atoms with Gasteiger partial charge in [0.05, 0.1) is 30.1 Å². The predicted molar refractivity (Wildman–Crippen MR) is 109 cm³/mol. The summed E-state index contributed by atoms with van der Waals surface area (Å²) in [5, 5.41) is 14.1. The Labute approximate surface area is 169 Å². The minimum atomic E-state index is -0.0339. The molecule has 2 aliphatic heterocycles. The van der Waals surface area contributed by atoms with Crippen molar-refractivity contribution in [1.82, 2.24) is 24.8 Å². The fourth-order valence-electron chi connectivity index (χ4n) is 4.44. The third-order valence-corrected chi connectivity index (χ3v) is 5.67. The summed E-state index contributed by atoms with van der Waals surface area (Å²) in [4.78, 5) is 12.9. The number of nitrogens with zero attached hydrogens (tertiary/aromatic N) is 4. The second-order valence-corrected chi connectivity index (χ2v) is 8.35. The maximum Gasteiger partial charge on any atom is 0.232 e. The molecule has 0 aliphatic carbocycles. The van der Waals surface area contributed by atoms with Crippen molar-refractivity contribution in [3.63, 3.8) is 0 Å². The smallest absolute Gasteiger partial charge is 0.232 e. The van der Waals surface area contributed by atoms with Crippen molar-refractivity contribution in [3.05, 3.63) is 61.5 Å². The monoisotopic (exact) mass is 389 g/mol. The average molecular weight is 389 g/mol. The van der Waals surface area contributed by atoms with E-state index in [1.165, 1.54) is 0 Å². The first kappa shape index (κ1) is 17.9. The van der Waals surface area contributed by atoms with Crippen molar-refractivity contribution in [1.29, 1.82) is 0 Å². The molecule has 4 heterocycles. The molecule has 2 aromatic heterocycles. The molecule has 7 heteroatoms. The van der Waals surface area contributed by atoms with Crippen LogP contribution in [-0.2, 0) is 0 Å². The first-order chi connectivity index (χ1) is 13.9. The number of phenolic OH excluding ortho intramolecular Hbond substituents is 1. The van der Waals surface area contributed by atoms with Crippen molar-refractivity contribution >= 4 is 0 Å². The molecule has 3 aromatic rings. The number of piperidine rings is 1. The summed E-state index contributed by atoms with van der Waals surface area (Å²) in [7, 11) is 0. The zero-order valence-electron chi connectivity index (χ0n) is 16.4. The van der Waals surface area contributed by atoms with Gasteiger partial charge in [-0.1, -0.05) is 12.2 Å². The maximum atomic E-state index is 10.4. The normalized spacial score (nSPS) is 27.9. The molecule has 1 aromatic carbocycles. The molecule has 3 atom stereocenters. The average Bonchev–Trinajstić information content (AvgIpc) is 3.28. The van der Waals surface area contributed by atoms with Crippen LogP contribution in [0.3, 0.4) is 0 Å². The number of aromatic nitrogens is 4. The number of nitrogens with one attached hydrogen (secondary N) is 1. The highest BCUT2D eigenvalue weighted by Crippen LogP contribution is 2.38. The van der Waals surface area contributed by atoms with Gasteiger partial charge in [-0.05, 0) is 26.0 Å². The SMILES string of the molecule is C[C@]12C=C[C@](C)(CC(Oc3cnc(-c4ccc(-n5ccnc5)cc4O)cn3)C1)N2. The number of aromatic hydroxyl groups is 1. The predicted octanol–water partition coefficient (Wildman–Crippen LogP) is 3.25. The molecule has 2 aliphatic rings. The standard InChI is InChI=1S/C22H23N5O2/c1-21-5-6-22(2,26-21)11-16(10-21)29-20-13-24-18(12-25-20)17-4-3-15(9-19(17)28)27-8-7-23-14-27/h3-9,12-14,16,26,28H,10-11H2,1-2H3/t16?,21-,22+. The molecular formula is C22H23N5O2. The maximum absolute atomic E-state index is 10.4. The fourth-order valence-corrected chi connectivity index (χ4v) is 4.44. The Morgan fingerprint density at radius 3 is 2.55 bits per heavy atom. The number of fused-ring (bicyclic) bond motifs is 2. The van der Waals surface area contributed by atoms with E-state index >= 15 is 0 Å². The van der Waals surface area contributed by atoms with Crippen LogP contribution in [0.15, 0.2) is 61.5 Å². The Kier molecular flexibility index (Phi) is 3.96. The summed E-state index contributed by atoms with van der Waals surface area (Å²) in [5.74, 6) is 0.641. The van der Waals surface area contributed by atoms with Crippen LogP contribution in [-0.4, -0.2) is 41.8 Å². The summed E-state index contributed by atoms with van der Waals surface area (Å²) < 4.78 is 7.96. The Morgan fingerprint density at radius 1 is 1.14 bits per heavy atom. The van der Waals surface area contributed by atoms with Gasteiger partial charge in [0, 0.05) is 47.9 Å². The van der Waals surface area contributed by atoms with Crippen LogP contribution in [0.1, 0.15) is 26.7 Å². The third kappa shape index (κ3) is 3.38. The number of hydrogen-bond donors (Lipinski definition) is 2. The molecule has 0 spiro atoms. The Bertz CT molecular complexity index is 1040. The van der Waals surface area contributed by atoms with Gasteiger partial charge in [-0.3, -0.25) is 5.32 Å². The highest BCUT2D eigenvalue weighted by Gasteiger charge is 2.45. The van der Waals surface area contributed by atoms with Crippen LogP contribution in [0.25, 0.3) is 16.9 Å². The van der Waals surface area contributed by atoms with Gasteiger partial charge in [0.2, 0.25) is 5.88 Å². The Hall–Kier alpha value is -3.19. The van der Waals surface area contributed by atoms with E-state index in [0.29, 0.717) is 17.1 Å². The van der Waals surface area contributed by atoms with Crippen molar-refractivity contribution in [2.24, 2.45) is 0 Å². The van der Waals surface area contributed by atoms with Crippen LogP contribution in [0.5, 0.6) is 11.6 Å². The zero-order valence-corrected chi connectivity index (χ0v) is 16.4. The number of ether oxygens (including phenoxy) is 1. The molecule has 148 valence electrons. The molecule has 0 saturated carbocycles. The van der Waals surface area contributed by atoms with Gasteiger partial charge in [-0.15, -0.1) is 0 Å². The summed E-state index contributed by atoms with van der Waals surface area (Å²) in [6.45, 7) is 4.38. The van der Waals surface area contributed by atoms with E-state index < -0.39 is 0 Å². The number of imidazole rings is 1. The van der Waals surface area contributed by atoms with Crippen molar-refractivity contribution in [2.75, 3.05) is 0 Å². The van der Waals surface area contributed by atoms with Crippen molar-refractivity contribution in [2.45, 2.75) is 43.9 Å². The summed E-state index contributed by atoms with van der Waals surface area (Å²) in [6.07, 6.45) is 14.8. The minimum absolute atomic E-state index is 0.0339. The lowest BCUT2D eigenvalue weighted by atomic mass is 9.85. The van der Waals surface area contributed by atoms with E-state index in [0.717, 1.165) is 18.5 Å². The van der Waals surface area contributed by atoms with E-state index in [4.69, 9.17) is 4.74 Å². The third-order valence-electron chi connectivity index (χ3n) is 5.67. The van der Waals surface area contributed by atoms with E-state index in [-0.39, 0.29) is 22.9 Å². The van der Waals surface area contributed by atoms with E-state index in [9.17, 15) is 5.11 Å². The topological polar surface area (TPSA) is 85.1 Å². The number of hydrogen-bond acceptors (Lipinski definition) is 6. The van der Waals surface area contributed by atoms with Crippen molar-refractivity contribution in [3.8, 4) is 28.6 Å². The second-order valence-electron chi connectivity index (χ2n) is 8.35. The quantitative estimate of drug-likeness (QED) is 0.667. The van der Waals surface area contributed by atoms with E-state index in [1.54, 1.807) is 31.0 Å². The first-order valence-corrected chi connectivity index (χ1v) is 9.72. The second kappa shape index (κ2) is 6.42. The molecular weight excluding hydrogens is 366 g/mol. The Morgan fingerprint density at radius 2 is 1.93 bits per heavy atom. The highest BCUT2D eigenvalue weighted by molar-refractivity contribution is 5.68. The minimum Gasteiger partial charge on any atom is -0.507 e. The lowest BCUT2D eigenvalue weighted by Crippen LogP contribution is -2.57. The van der Waals surface area contributed by atoms with Gasteiger partial charge < -0.3 is 14.4 Å². The molecule has 29 heavy (non-hydrogen) atoms. The number of phenols is 1. The fraction of sp³-hybridized carbons (Fsp3) is 0.318. The van der Waals surface area contributed by atoms with Gasteiger partial charge in [-0.2, -0.15) is 0 Å². The number of rotatable bonds is 4. The summed E-state index contributed by atoms with van der Waals surface area (Å²) >= 11 is 0. The number of benzene rings is 1. The van der Waals surface area contributed by atoms with Gasteiger partial charge in [0.15, 0.2) is 0 Å². The molecule has 0 radical (unpaired) electrons. The molecule has 1 saturated heterocycles. The van der Waals surface area contributed by atoms with Gasteiger partial charge in [-0.25, -0.2) is 15.0 Å². The molecule has 7 nitrogen and oxygen atoms in total. The summed E-state index contributed by atoms with van der Waals surface area (Å²) in [6, 6.07) is 5.41. The largest absolute Gasteiger partial charge is 0.507 e. The Balaban J connectivity index is 1.32. The van der Waals surface area contributed by atoms with Crippen LogP contribution in [0.4, 0.5) is 0 Å². The lowest BCUT2D eigenvalue weighted by molar-refractivity contribution is 0.0845. The zero-order chi connectivity index (χ0) is 20.1. The molecule has 1 unspecified atom stereocenters. The molecule has 5 rings (SSSR count). The first-order valence-electron chi connectivity index (χ1n) is 9.72. The van der Waals surface area contributed by atoms with Gasteiger partial charge >= 0.3 is 0 Å². The van der Waals surface area contributed by atoms with Crippen LogP contribution >= 0.6 is 0 Å². The lowest BCUT2D eigenvalue weighted by Gasteiger charge is -2.41. The molecule has 2 bridgehead atoms. The molecule has 1 fully saturated rings.